The quantitative estimate of drug-likeness (QED) is 0.526. The van der Waals surface area contributed by atoms with Crippen molar-refractivity contribution < 1.29 is 24.2 Å². The maximum Gasteiger partial charge on any atom is 0.348 e. The van der Waals surface area contributed by atoms with E-state index in [1.807, 2.05) is 0 Å². The predicted molar refractivity (Wildman–Crippen MR) is 81.6 cm³/mol. The lowest BCUT2D eigenvalue weighted by Gasteiger charge is -2.06. The molecule has 0 aliphatic carbocycles. The van der Waals surface area contributed by atoms with E-state index in [-0.39, 0.29) is 29.7 Å². The molecule has 0 unspecified atom stereocenters. The van der Waals surface area contributed by atoms with Crippen LogP contribution in [0.25, 0.3) is 11.0 Å². The molecule has 120 valence electrons. The SMILES string of the molecule is NC(=O)CC[C@H](N=Cc1c(O)c2ccccc2oc1=O)C(=O)O. The van der Waals surface area contributed by atoms with E-state index < -0.39 is 23.5 Å². The molecule has 0 bridgehead atoms. The number of carbonyl (C=O) groups is 2. The third-order valence-corrected chi connectivity index (χ3v) is 3.15. The number of aliphatic carboxylic acids is 1. The fourth-order valence-corrected chi connectivity index (χ4v) is 1.97. The van der Waals surface area contributed by atoms with Crippen LogP contribution in [0.15, 0.2) is 38.5 Å². The van der Waals surface area contributed by atoms with E-state index in [1.54, 1.807) is 18.2 Å². The highest BCUT2D eigenvalue weighted by molar-refractivity contribution is 5.94. The lowest BCUT2D eigenvalue weighted by atomic mass is 10.1. The summed E-state index contributed by atoms with van der Waals surface area (Å²) in [6.45, 7) is 0. The molecule has 8 nitrogen and oxygen atoms in total. The molecule has 1 aromatic carbocycles. The number of primary amides is 1. The topological polar surface area (TPSA) is 143 Å². The van der Waals surface area contributed by atoms with E-state index in [4.69, 9.17) is 15.3 Å². The number of hydrogen-bond donors (Lipinski definition) is 3. The first-order valence-electron chi connectivity index (χ1n) is 6.69. The average molecular weight is 318 g/mol. The van der Waals surface area contributed by atoms with Gasteiger partial charge in [-0.05, 0) is 18.6 Å². The van der Waals surface area contributed by atoms with Crippen molar-refractivity contribution >= 4 is 29.1 Å². The van der Waals surface area contributed by atoms with Crippen LogP contribution in [0.3, 0.4) is 0 Å². The fraction of sp³-hybridized carbons (Fsp3) is 0.200. The van der Waals surface area contributed by atoms with Gasteiger partial charge in [-0.2, -0.15) is 0 Å². The number of carbonyl (C=O) groups excluding carboxylic acids is 1. The number of carboxylic acid groups (broad SMARTS) is 1. The lowest BCUT2D eigenvalue weighted by molar-refractivity contribution is -0.138. The van der Waals surface area contributed by atoms with Crippen LogP contribution in [-0.4, -0.2) is 34.3 Å². The number of carboxylic acids is 1. The van der Waals surface area contributed by atoms with Crippen molar-refractivity contribution in [3.05, 3.63) is 40.2 Å². The van der Waals surface area contributed by atoms with Crippen molar-refractivity contribution in [1.82, 2.24) is 0 Å². The normalized spacial score (nSPS) is 12.5. The van der Waals surface area contributed by atoms with E-state index in [9.17, 15) is 19.5 Å². The molecule has 0 saturated heterocycles. The molecular formula is C15H14N2O6. The third-order valence-electron chi connectivity index (χ3n) is 3.15. The van der Waals surface area contributed by atoms with Crippen molar-refractivity contribution in [3.8, 4) is 5.75 Å². The molecule has 0 fully saturated rings. The van der Waals surface area contributed by atoms with Crippen molar-refractivity contribution in [2.75, 3.05) is 0 Å². The summed E-state index contributed by atoms with van der Waals surface area (Å²) in [4.78, 5) is 37.4. The molecule has 23 heavy (non-hydrogen) atoms. The summed E-state index contributed by atoms with van der Waals surface area (Å²) in [6.07, 6.45) is 0.668. The molecule has 4 N–H and O–H groups in total. The van der Waals surface area contributed by atoms with Crippen LogP contribution >= 0.6 is 0 Å². The summed E-state index contributed by atoms with van der Waals surface area (Å²) in [5, 5.41) is 19.5. The van der Waals surface area contributed by atoms with E-state index in [2.05, 4.69) is 4.99 Å². The molecule has 0 spiro atoms. The Kier molecular flexibility index (Phi) is 4.75. The maximum absolute atomic E-state index is 11.9. The Hall–Kier alpha value is -3.16. The van der Waals surface area contributed by atoms with Gasteiger partial charge in [0.1, 0.15) is 22.9 Å². The smallest absolute Gasteiger partial charge is 0.348 e. The minimum atomic E-state index is -1.27. The van der Waals surface area contributed by atoms with E-state index in [0.717, 1.165) is 6.21 Å². The number of nitrogens with two attached hydrogens (primary N) is 1. The summed E-state index contributed by atoms with van der Waals surface area (Å²) in [5.74, 6) is -2.27. The number of aliphatic imine (C=N–C) groups is 1. The molecule has 8 heteroatoms. The van der Waals surface area contributed by atoms with Gasteiger partial charge in [0.05, 0.1) is 5.39 Å². The Morgan fingerprint density at radius 2 is 2.04 bits per heavy atom. The van der Waals surface area contributed by atoms with Gasteiger partial charge in [0.15, 0.2) is 0 Å². The lowest BCUT2D eigenvalue weighted by Crippen LogP contribution is -2.22. The van der Waals surface area contributed by atoms with Crippen LogP contribution in [0.2, 0.25) is 0 Å². The molecule has 2 rings (SSSR count). The van der Waals surface area contributed by atoms with Gasteiger partial charge in [0, 0.05) is 12.6 Å². The van der Waals surface area contributed by atoms with E-state index in [0.29, 0.717) is 5.39 Å². The summed E-state index contributed by atoms with van der Waals surface area (Å²) in [6, 6.07) is 5.10. The summed E-state index contributed by atoms with van der Waals surface area (Å²) < 4.78 is 5.04. The highest BCUT2D eigenvalue weighted by Gasteiger charge is 2.18. The standard InChI is InChI=1S/C15H14N2O6/c16-12(18)6-5-10(14(20)21)17-7-9-13(19)8-3-1-2-4-11(8)23-15(9)22/h1-4,7,10,19H,5-6H2,(H2,16,18)(H,20,21)/t10-/m0/s1. The number of rotatable bonds is 6. The van der Waals surface area contributed by atoms with Gasteiger partial charge in [0.25, 0.3) is 0 Å². The number of fused-ring (bicyclic) bond motifs is 1. The zero-order chi connectivity index (χ0) is 17.0. The number of nitrogens with zero attached hydrogens (tertiary/aromatic N) is 1. The van der Waals surface area contributed by atoms with Gasteiger partial charge in [0.2, 0.25) is 5.91 Å². The summed E-state index contributed by atoms with van der Waals surface area (Å²) in [5.41, 5.74) is 4.08. The minimum Gasteiger partial charge on any atom is -0.506 e. The molecule has 0 saturated carbocycles. The Balaban J connectivity index is 2.37. The number of benzene rings is 1. The predicted octanol–water partition coefficient (Wildman–Crippen LogP) is 0.636. The van der Waals surface area contributed by atoms with Crippen LogP contribution < -0.4 is 11.4 Å². The average Bonchev–Trinajstić information content (AvgIpc) is 2.49. The van der Waals surface area contributed by atoms with Crippen molar-refractivity contribution in [2.45, 2.75) is 18.9 Å². The molecule has 0 aliphatic rings. The second-order valence-electron chi connectivity index (χ2n) is 4.79. The largest absolute Gasteiger partial charge is 0.506 e. The Bertz CT molecular complexity index is 839. The molecule has 1 atom stereocenters. The van der Waals surface area contributed by atoms with Crippen molar-refractivity contribution in [2.24, 2.45) is 10.7 Å². The highest BCUT2D eigenvalue weighted by atomic mass is 16.4. The van der Waals surface area contributed by atoms with Crippen LogP contribution in [0.5, 0.6) is 5.75 Å². The third kappa shape index (κ3) is 3.73. The highest BCUT2D eigenvalue weighted by Crippen LogP contribution is 2.24. The Morgan fingerprint density at radius 1 is 1.35 bits per heavy atom. The molecule has 0 radical (unpaired) electrons. The second kappa shape index (κ2) is 6.73. The number of para-hydroxylation sites is 1. The van der Waals surface area contributed by atoms with Gasteiger partial charge in [-0.1, -0.05) is 12.1 Å². The molecule has 1 amide bonds. The first kappa shape index (κ1) is 16.2. The zero-order valence-corrected chi connectivity index (χ0v) is 11.9. The van der Waals surface area contributed by atoms with Crippen LogP contribution in [0.4, 0.5) is 0 Å². The van der Waals surface area contributed by atoms with Gasteiger partial charge >= 0.3 is 11.6 Å². The van der Waals surface area contributed by atoms with E-state index >= 15 is 0 Å². The maximum atomic E-state index is 11.9. The molecule has 1 heterocycles. The van der Waals surface area contributed by atoms with Crippen LogP contribution in [-0.2, 0) is 9.59 Å². The first-order chi connectivity index (χ1) is 10.9. The van der Waals surface area contributed by atoms with Crippen molar-refractivity contribution in [3.63, 3.8) is 0 Å². The second-order valence-corrected chi connectivity index (χ2v) is 4.79. The van der Waals surface area contributed by atoms with E-state index in [1.165, 1.54) is 6.07 Å². The van der Waals surface area contributed by atoms with Crippen LogP contribution in [0.1, 0.15) is 18.4 Å². The molecule has 1 aromatic heterocycles. The van der Waals surface area contributed by atoms with Crippen LogP contribution in [0, 0.1) is 0 Å². The Labute approximate surface area is 129 Å². The molecule has 2 aromatic rings. The van der Waals surface area contributed by atoms with Gasteiger partial charge in [-0.25, -0.2) is 9.59 Å². The summed E-state index contributed by atoms with van der Waals surface area (Å²) >= 11 is 0. The molecule has 0 aliphatic heterocycles. The summed E-state index contributed by atoms with van der Waals surface area (Å²) in [7, 11) is 0. The Morgan fingerprint density at radius 3 is 2.70 bits per heavy atom. The zero-order valence-electron chi connectivity index (χ0n) is 11.9. The van der Waals surface area contributed by atoms with Gasteiger partial charge < -0.3 is 20.4 Å². The monoisotopic (exact) mass is 318 g/mol. The number of hydrogen-bond acceptors (Lipinski definition) is 6. The first-order valence-corrected chi connectivity index (χ1v) is 6.69. The number of amides is 1. The van der Waals surface area contributed by atoms with Gasteiger partial charge in [-0.3, -0.25) is 9.79 Å². The number of aromatic hydroxyl groups is 1. The van der Waals surface area contributed by atoms with Gasteiger partial charge in [-0.15, -0.1) is 0 Å². The van der Waals surface area contributed by atoms with Crippen molar-refractivity contribution in [1.29, 1.82) is 0 Å². The minimum absolute atomic E-state index is 0.110. The molecular weight excluding hydrogens is 304 g/mol. The fourth-order valence-electron chi connectivity index (χ4n) is 1.97.